The van der Waals surface area contributed by atoms with E-state index in [1.54, 1.807) is 11.8 Å². The number of nitrogens with zero attached hydrogens (tertiary/aromatic N) is 2. The van der Waals surface area contributed by atoms with Crippen LogP contribution in [0.1, 0.15) is 60.0 Å². The van der Waals surface area contributed by atoms with Crippen molar-refractivity contribution in [1.29, 1.82) is 0 Å². The maximum Gasteiger partial charge on any atom is 0.251 e. The first kappa shape index (κ1) is 24.6. The molecule has 2 heterocycles. The van der Waals surface area contributed by atoms with Crippen LogP contribution in [0.5, 0.6) is 0 Å². The van der Waals surface area contributed by atoms with Crippen molar-refractivity contribution < 1.29 is 9.21 Å². The van der Waals surface area contributed by atoms with E-state index in [4.69, 9.17) is 9.40 Å². The van der Waals surface area contributed by atoms with Crippen molar-refractivity contribution in [3.8, 4) is 11.5 Å². The molecule has 3 aromatic rings. The second kappa shape index (κ2) is 11.7. The first-order valence-corrected chi connectivity index (χ1v) is 13.3. The average molecular weight is 478 g/mol. The van der Waals surface area contributed by atoms with E-state index < -0.39 is 0 Å². The Balaban J connectivity index is 1.27. The van der Waals surface area contributed by atoms with E-state index in [0.29, 0.717) is 24.0 Å². The van der Waals surface area contributed by atoms with Crippen LogP contribution in [0.15, 0.2) is 57.8 Å². The van der Waals surface area contributed by atoms with Crippen molar-refractivity contribution in [1.82, 2.24) is 15.2 Å². The van der Waals surface area contributed by atoms with Crippen LogP contribution in [0.2, 0.25) is 0 Å². The molecule has 0 saturated carbocycles. The van der Waals surface area contributed by atoms with Crippen LogP contribution in [0, 0.1) is 13.8 Å². The molecule has 1 amide bonds. The summed E-state index contributed by atoms with van der Waals surface area (Å²) in [7, 11) is 0. The van der Waals surface area contributed by atoms with Crippen molar-refractivity contribution in [2.75, 3.05) is 19.6 Å². The van der Waals surface area contributed by atoms with Crippen LogP contribution in [0.25, 0.3) is 11.5 Å². The lowest BCUT2D eigenvalue weighted by atomic mass is 10.0. The van der Waals surface area contributed by atoms with Gasteiger partial charge in [0.2, 0.25) is 5.89 Å². The van der Waals surface area contributed by atoms with Gasteiger partial charge in [-0.15, -0.1) is 11.8 Å². The van der Waals surface area contributed by atoms with Crippen molar-refractivity contribution in [2.45, 2.75) is 63.1 Å². The summed E-state index contributed by atoms with van der Waals surface area (Å²) in [5, 5.41) is 3.05. The molecule has 1 N–H and O–H groups in total. The molecule has 6 heteroatoms. The van der Waals surface area contributed by atoms with Gasteiger partial charge < -0.3 is 14.6 Å². The summed E-state index contributed by atoms with van der Waals surface area (Å²) in [4.78, 5) is 21.0. The van der Waals surface area contributed by atoms with Gasteiger partial charge in [-0.05, 0) is 83.0 Å². The number of hydrogen-bond donors (Lipinski definition) is 1. The van der Waals surface area contributed by atoms with Gasteiger partial charge in [0.15, 0.2) is 0 Å². The third-order valence-electron chi connectivity index (χ3n) is 6.53. The van der Waals surface area contributed by atoms with Crippen LogP contribution in [0.3, 0.4) is 0 Å². The first-order valence-electron chi connectivity index (χ1n) is 12.3. The van der Waals surface area contributed by atoms with Crippen LogP contribution in [-0.2, 0) is 5.75 Å². The van der Waals surface area contributed by atoms with Gasteiger partial charge in [0.25, 0.3) is 5.91 Å². The Morgan fingerprint density at radius 1 is 1.12 bits per heavy atom. The van der Waals surface area contributed by atoms with Gasteiger partial charge in [0.1, 0.15) is 5.76 Å². The molecule has 1 aromatic heterocycles. The second-order valence-corrected chi connectivity index (χ2v) is 10.2. The summed E-state index contributed by atoms with van der Waals surface area (Å²) < 4.78 is 5.92. The minimum absolute atomic E-state index is 0.0305. The lowest BCUT2D eigenvalue weighted by molar-refractivity contribution is 0.0949. The predicted octanol–water partition coefficient (Wildman–Crippen LogP) is 6.25. The highest BCUT2D eigenvalue weighted by Crippen LogP contribution is 2.28. The molecule has 0 bridgehead atoms. The highest BCUT2D eigenvalue weighted by atomic mass is 32.2. The summed E-state index contributed by atoms with van der Waals surface area (Å²) in [6.45, 7) is 9.28. The number of aromatic nitrogens is 1. The van der Waals surface area contributed by atoms with E-state index in [1.807, 2.05) is 31.2 Å². The second-order valence-electron chi connectivity index (χ2n) is 9.19. The number of nitrogens with one attached hydrogen (secondary N) is 1. The van der Waals surface area contributed by atoms with Gasteiger partial charge in [-0.3, -0.25) is 4.79 Å². The molecule has 4 rings (SSSR count). The summed E-state index contributed by atoms with van der Waals surface area (Å²) in [6.07, 6.45) is 4.90. The summed E-state index contributed by atoms with van der Waals surface area (Å²) in [6, 6.07) is 16.7. The number of rotatable bonds is 9. The van der Waals surface area contributed by atoms with Crippen molar-refractivity contribution in [3.05, 3.63) is 71.1 Å². The lowest BCUT2D eigenvalue weighted by Crippen LogP contribution is -2.39. The number of carbonyl (C=O) groups is 1. The highest BCUT2D eigenvalue weighted by molar-refractivity contribution is 7.98. The van der Waals surface area contributed by atoms with Gasteiger partial charge in [-0.1, -0.05) is 24.1 Å². The van der Waals surface area contributed by atoms with Crippen LogP contribution in [-0.4, -0.2) is 41.5 Å². The van der Waals surface area contributed by atoms with E-state index in [1.165, 1.54) is 36.3 Å². The molecular formula is C28H35N3O2S. The topological polar surface area (TPSA) is 58.4 Å². The Morgan fingerprint density at radius 3 is 2.62 bits per heavy atom. The molecule has 1 atom stereocenters. The van der Waals surface area contributed by atoms with Gasteiger partial charge in [0.05, 0.1) is 5.69 Å². The zero-order valence-electron chi connectivity index (χ0n) is 20.5. The number of thioether (sulfide) groups is 1. The molecule has 0 aliphatic carbocycles. The summed E-state index contributed by atoms with van der Waals surface area (Å²) >= 11 is 1.75. The largest absolute Gasteiger partial charge is 0.441 e. The fraction of sp³-hybridized carbons (Fsp3) is 0.429. The number of oxazole rings is 1. The van der Waals surface area contributed by atoms with Crippen LogP contribution in [0.4, 0.5) is 0 Å². The Bertz CT molecular complexity index is 1080. The molecular weight excluding hydrogens is 442 g/mol. The SMILES string of the molecule is Cc1ccc(SCc2nc(-c3ccc(C(=O)NCCCN4CCCCC4C)cc3)oc2C)cc1. The van der Waals surface area contributed by atoms with Crippen molar-refractivity contribution >= 4 is 17.7 Å². The standard InChI is InChI=1S/C28H35N3O2S/c1-20-8-14-25(15-9-20)34-19-26-22(3)33-28(30-26)24-12-10-23(11-13-24)27(32)29-16-6-18-31-17-5-4-7-21(31)2/h8-15,21H,4-7,16-19H2,1-3H3,(H,29,32). The van der Waals surface area contributed by atoms with E-state index in [0.717, 1.165) is 35.7 Å². The monoisotopic (exact) mass is 477 g/mol. The Labute approximate surface area is 207 Å². The number of hydrogen-bond acceptors (Lipinski definition) is 5. The van der Waals surface area contributed by atoms with E-state index >= 15 is 0 Å². The van der Waals surface area contributed by atoms with E-state index in [2.05, 4.69) is 48.3 Å². The number of likely N-dealkylation sites (tertiary alicyclic amines) is 1. The molecule has 0 radical (unpaired) electrons. The van der Waals surface area contributed by atoms with Gasteiger partial charge >= 0.3 is 0 Å². The number of piperidine rings is 1. The maximum atomic E-state index is 12.5. The quantitative estimate of drug-likeness (QED) is 0.292. The molecule has 1 aliphatic rings. The van der Waals surface area contributed by atoms with Gasteiger partial charge in [-0.25, -0.2) is 4.98 Å². The average Bonchev–Trinajstić information content (AvgIpc) is 3.23. The first-order chi connectivity index (χ1) is 16.5. The Hall–Kier alpha value is -2.57. The number of amides is 1. The molecule has 0 spiro atoms. The molecule has 34 heavy (non-hydrogen) atoms. The normalized spacial score (nSPS) is 16.5. The molecule has 1 fully saturated rings. The predicted molar refractivity (Wildman–Crippen MR) is 139 cm³/mol. The fourth-order valence-corrected chi connectivity index (χ4v) is 5.21. The fourth-order valence-electron chi connectivity index (χ4n) is 4.31. The third-order valence-corrected chi connectivity index (χ3v) is 7.55. The van der Waals surface area contributed by atoms with Gasteiger partial charge in [-0.2, -0.15) is 0 Å². The number of benzene rings is 2. The van der Waals surface area contributed by atoms with Crippen LogP contribution < -0.4 is 5.32 Å². The molecule has 2 aromatic carbocycles. The van der Waals surface area contributed by atoms with Crippen molar-refractivity contribution in [2.24, 2.45) is 0 Å². The highest BCUT2D eigenvalue weighted by Gasteiger charge is 2.17. The van der Waals surface area contributed by atoms with Gasteiger partial charge in [0, 0.05) is 40.9 Å². The maximum absolute atomic E-state index is 12.5. The van der Waals surface area contributed by atoms with E-state index in [-0.39, 0.29) is 5.91 Å². The number of aryl methyl sites for hydroxylation is 2. The molecule has 1 aliphatic heterocycles. The third kappa shape index (κ3) is 6.51. The molecule has 1 saturated heterocycles. The number of carbonyl (C=O) groups excluding carboxylic acids is 1. The zero-order valence-corrected chi connectivity index (χ0v) is 21.3. The molecule has 5 nitrogen and oxygen atoms in total. The summed E-state index contributed by atoms with van der Waals surface area (Å²) in [5.41, 5.74) is 3.75. The minimum Gasteiger partial charge on any atom is -0.441 e. The zero-order chi connectivity index (χ0) is 23.9. The lowest BCUT2D eigenvalue weighted by Gasteiger charge is -2.33. The summed E-state index contributed by atoms with van der Waals surface area (Å²) in [5.74, 6) is 2.16. The molecule has 180 valence electrons. The smallest absolute Gasteiger partial charge is 0.251 e. The van der Waals surface area contributed by atoms with E-state index in [9.17, 15) is 4.79 Å². The minimum atomic E-state index is -0.0305. The Kier molecular flexibility index (Phi) is 8.46. The Morgan fingerprint density at radius 2 is 1.88 bits per heavy atom. The van der Waals surface area contributed by atoms with Crippen molar-refractivity contribution in [3.63, 3.8) is 0 Å². The molecule has 1 unspecified atom stereocenters. The van der Waals surface area contributed by atoms with Crippen LogP contribution >= 0.6 is 11.8 Å².